The number of guanidine groups is 1. The highest BCUT2D eigenvalue weighted by molar-refractivity contribution is 5.79. The average Bonchev–Trinajstić information content (AvgIpc) is 2.69. The Kier molecular flexibility index (Phi) is 14.2. The van der Waals surface area contributed by atoms with E-state index < -0.39 is 0 Å². The Balaban J connectivity index is 2.32. The molecule has 0 radical (unpaired) electrons. The van der Waals surface area contributed by atoms with Gasteiger partial charge in [0.2, 0.25) is 0 Å². The Morgan fingerprint density at radius 1 is 1.00 bits per heavy atom. The third-order valence-corrected chi connectivity index (χ3v) is 3.89. The fraction of sp³-hybridized carbons (Fsp3) is 0.682. The second kappa shape index (κ2) is 16.3. The van der Waals surface area contributed by atoms with E-state index >= 15 is 0 Å². The highest BCUT2D eigenvalue weighted by atomic mass is 16.5. The van der Waals surface area contributed by atoms with Crippen LogP contribution in [0.1, 0.15) is 51.7 Å². The molecule has 0 saturated heterocycles. The van der Waals surface area contributed by atoms with Gasteiger partial charge >= 0.3 is 0 Å². The number of benzene rings is 1. The third-order valence-electron chi connectivity index (χ3n) is 3.89. The van der Waals surface area contributed by atoms with Gasteiger partial charge in [-0.2, -0.15) is 0 Å². The lowest BCUT2D eigenvalue weighted by Gasteiger charge is -2.12. The molecule has 28 heavy (non-hydrogen) atoms. The summed E-state index contributed by atoms with van der Waals surface area (Å²) in [5, 5.41) is 6.57. The SMILES string of the molecule is CCCCOCCOCCNC(=NCc1cccc(COC(C)C)c1)NCC. The lowest BCUT2D eigenvalue weighted by molar-refractivity contribution is 0.0487. The van der Waals surface area contributed by atoms with Crippen LogP contribution in [0.15, 0.2) is 29.3 Å². The van der Waals surface area contributed by atoms with Gasteiger partial charge in [-0.15, -0.1) is 0 Å². The maximum absolute atomic E-state index is 5.68. The molecule has 0 aliphatic heterocycles. The van der Waals surface area contributed by atoms with Gasteiger partial charge in [0.15, 0.2) is 5.96 Å². The Bertz CT molecular complexity index is 536. The molecule has 160 valence electrons. The maximum Gasteiger partial charge on any atom is 0.191 e. The number of hydrogen-bond donors (Lipinski definition) is 2. The van der Waals surface area contributed by atoms with Crippen LogP contribution in [0, 0.1) is 0 Å². The predicted molar refractivity (Wildman–Crippen MR) is 116 cm³/mol. The molecule has 0 heterocycles. The normalized spacial score (nSPS) is 11.8. The fourth-order valence-electron chi connectivity index (χ4n) is 2.40. The standard InChI is InChI=1S/C22H39N3O3/c1-5-7-12-26-14-15-27-13-11-24-22(23-6-2)25-17-20-9-8-10-21(16-20)18-28-19(3)4/h8-10,16,19H,5-7,11-15,17-18H2,1-4H3,(H2,23,24,25). The summed E-state index contributed by atoms with van der Waals surface area (Å²) >= 11 is 0. The number of nitrogens with zero attached hydrogens (tertiary/aromatic N) is 1. The Morgan fingerprint density at radius 3 is 2.46 bits per heavy atom. The second-order valence-corrected chi connectivity index (χ2v) is 6.88. The van der Waals surface area contributed by atoms with Crippen molar-refractivity contribution in [2.24, 2.45) is 4.99 Å². The minimum Gasteiger partial charge on any atom is -0.379 e. The minimum absolute atomic E-state index is 0.233. The number of unbranched alkanes of at least 4 members (excludes halogenated alkanes) is 1. The zero-order chi connectivity index (χ0) is 20.5. The lowest BCUT2D eigenvalue weighted by Crippen LogP contribution is -2.39. The van der Waals surface area contributed by atoms with Gasteiger partial charge in [-0.05, 0) is 38.3 Å². The minimum atomic E-state index is 0.233. The van der Waals surface area contributed by atoms with E-state index in [9.17, 15) is 0 Å². The third kappa shape index (κ3) is 12.7. The molecule has 0 amide bonds. The Hall–Kier alpha value is -1.63. The molecule has 0 aliphatic rings. The van der Waals surface area contributed by atoms with Crippen LogP contribution in [0.2, 0.25) is 0 Å². The van der Waals surface area contributed by atoms with Crippen LogP contribution in [0.3, 0.4) is 0 Å². The molecule has 2 N–H and O–H groups in total. The van der Waals surface area contributed by atoms with Crippen molar-refractivity contribution < 1.29 is 14.2 Å². The van der Waals surface area contributed by atoms with E-state index in [0.29, 0.717) is 39.5 Å². The van der Waals surface area contributed by atoms with Crippen molar-refractivity contribution in [3.63, 3.8) is 0 Å². The molecule has 6 nitrogen and oxygen atoms in total. The maximum atomic E-state index is 5.68. The zero-order valence-electron chi connectivity index (χ0n) is 18.1. The van der Waals surface area contributed by atoms with Crippen molar-refractivity contribution in [1.29, 1.82) is 0 Å². The van der Waals surface area contributed by atoms with Crippen LogP contribution in [0.4, 0.5) is 0 Å². The number of nitrogens with one attached hydrogen (secondary N) is 2. The molecule has 1 aromatic rings. The summed E-state index contributed by atoms with van der Waals surface area (Å²) in [5.74, 6) is 0.800. The second-order valence-electron chi connectivity index (χ2n) is 6.88. The summed E-state index contributed by atoms with van der Waals surface area (Å²) in [5.41, 5.74) is 2.34. The highest BCUT2D eigenvalue weighted by Gasteiger charge is 2.01. The van der Waals surface area contributed by atoms with Crippen LogP contribution < -0.4 is 10.6 Å². The first-order valence-corrected chi connectivity index (χ1v) is 10.5. The van der Waals surface area contributed by atoms with Crippen LogP contribution >= 0.6 is 0 Å². The van der Waals surface area contributed by atoms with Crippen molar-refractivity contribution >= 4 is 5.96 Å². The van der Waals surface area contributed by atoms with E-state index in [0.717, 1.165) is 32.0 Å². The summed E-state index contributed by atoms with van der Waals surface area (Å²) in [4.78, 5) is 4.66. The van der Waals surface area contributed by atoms with Gasteiger partial charge in [0, 0.05) is 19.7 Å². The molecule has 1 rings (SSSR count). The van der Waals surface area contributed by atoms with Crippen LogP contribution in [0.5, 0.6) is 0 Å². The van der Waals surface area contributed by atoms with Crippen molar-refractivity contribution in [3.05, 3.63) is 35.4 Å². The number of rotatable bonds is 15. The predicted octanol–water partition coefficient (Wildman–Crippen LogP) is 3.50. The van der Waals surface area contributed by atoms with Crippen LogP contribution in [-0.2, 0) is 27.4 Å². The van der Waals surface area contributed by atoms with Gasteiger partial charge in [-0.3, -0.25) is 0 Å². The number of aliphatic imine (C=N–C) groups is 1. The molecule has 0 aromatic heterocycles. The van der Waals surface area contributed by atoms with Crippen LogP contribution in [0.25, 0.3) is 0 Å². The summed E-state index contributed by atoms with van der Waals surface area (Å²) < 4.78 is 16.7. The molecule has 1 aromatic carbocycles. The summed E-state index contributed by atoms with van der Waals surface area (Å²) in [7, 11) is 0. The van der Waals surface area contributed by atoms with Gasteiger partial charge in [-0.1, -0.05) is 37.6 Å². The fourth-order valence-corrected chi connectivity index (χ4v) is 2.40. The Morgan fingerprint density at radius 2 is 1.75 bits per heavy atom. The average molecular weight is 394 g/mol. The van der Waals surface area contributed by atoms with Gasteiger partial charge in [-0.25, -0.2) is 4.99 Å². The van der Waals surface area contributed by atoms with Gasteiger partial charge < -0.3 is 24.8 Å². The molecule has 0 fully saturated rings. The monoisotopic (exact) mass is 393 g/mol. The quantitative estimate of drug-likeness (QED) is 0.271. The molecule has 0 atom stereocenters. The molecule has 0 unspecified atom stereocenters. The number of ether oxygens (including phenoxy) is 3. The first-order chi connectivity index (χ1) is 13.7. The summed E-state index contributed by atoms with van der Waals surface area (Å²) in [6, 6.07) is 8.38. The van der Waals surface area contributed by atoms with Crippen LogP contribution in [-0.4, -0.2) is 51.6 Å². The summed E-state index contributed by atoms with van der Waals surface area (Å²) in [6.07, 6.45) is 2.50. The first kappa shape index (κ1) is 24.4. The van der Waals surface area contributed by atoms with E-state index in [1.807, 2.05) is 13.8 Å². The molecular weight excluding hydrogens is 354 g/mol. The first-order valence-electron chi connectivity index (χ1n) is 10.5. The van der Waals surface area contributed by atoms with Crippen molar-refractivity contribution in [2.75, 3.05) is 39.5 Å². The van der Waals surface area contributed by atoms with Crippen molar-refractivity contribution in [2.45, 2.75) is 59.8 Å². The molecule has 0 aliphatic carbocycles. The highest BCUT2D eigenvalue weighted by Crippen LogP contribution is 2.09. The zero-order valence-corrected chi connectivity index (χ0v) is 18.1. The van der Waals surface area contributed by atoms with Gasteiger partial charge in [0.1, 0.15) is 0 Å². The molecule has 0 bridgehead atoms. The van der Waals surface area contributed by atoms with Crippen molar-refractivity contribution in [1.82, 2.24) is 10.6 Å². The van der Waals surface area contributed by atoms with E-state index in [4.69, 9.17) is 14.2 Å². The van der Waals surface area contributed by atoms with Gasteiger partial charge in [0.05, 0.1) is 39.1 Å². The van der Waals surface area contributed by atoms with E-state index in [-0.39, 0.29) is 6.10 Å². The van der Waals surface area contributed by atoms with E-state index in [2.05, 4.69) is 53.7 Å². The molecule has 0 spiro atoms. The molecular formula is C22H39N3O3. The van der Waals surface area contributed by atoms with Gasteiger partial charge in [0.25, 0.3) is 0 Å². The Labute approximate surface area is 171 Å². The van der Waals surface area contributed by atoms with Crippen molar-refractivity contribution in [3.8, 4) is 0 Å². The molecule has 6 heteroatoms. The summed E-state index contributed by atoms with van der Waals surface area (Å²) in [6.45, 7) is 13.8. The smallest absolute Gasteiger partial charge is 0.191 e. The van der Waals surface area contributed by atoms with E-state index in [1.54, 1.807) is 0 Å². The molecule has 0 saturated carbocycles. The number of hydrogen-bond acceptors (Lipinski definition) is 4. The topological polar surface area (TPSA) is 64.1 Å². The van der Waals surface area contributed by atoms with E-state index in [1.165, 1.54) is 11.1 Å². The lowest BCUT2D eigenvalue weighted by atomic mass is 10.1. The largest absolute Gasteiger partial charge is 0.379 e.